The van der Waals surface area contributed by atoms with Crippen molar-refractivity contribution in [1.82, 2.24) is 0 Å². The summed E-state index contributed by atoms with van der Waals surface area (Å²) in [7, 11) is 0. The van der Waals surface area contributed by atoms with Crippen molar-refractivity contribution in [2.75, 3.05) is 0 Å². The maximum Gasteiger partial charge on any atom is 0.150 e. The summed E-state index contributed by atoms with van der Waals surface area (Å²) in [6.45, 7) is 0. The summed E-state index contributed by atoms with van der Waals surface area (Å²) in [6.07, 6.45) is 0.701. The second-order valence-electron chi connectivity index (χ2n) is 3.48. The summed E-state index contributed by atoms with van der Waals surface area (Å²) >= 11 is 12.0. The van der Waals surface area contributed by atoms with Crippen LogP contribution in [0.4, 0.5) is 4.39 Å². The van der Waals surface area contributed by atoms with Crippen molar-refractivity contribution in [3.8, 4) is 11.1 Å². The highest BCUT2D eigenvalue weighted by Crippen LogP contribution is 2.34. The van der Waals surface area contributed by atoms with Crippen molar-refractivity contribution < 1.29 is 9.18 Å². The van der Waals surface area contributed by atoms with Gasteiger partial charge in [-0.05, 0) is 30.3 Å². The van der Waals surface area contributed by atoms with E-state index in [0.717, 1.165) is 0 Å². The monoisotopic (exact) mass is 268 g/mol. The van der Waals surface area contributed by atoms with Crippen LogP contribution >= 0.6 is 23.2 Å². The highest BCUT2D eigenvalue weighted by atomic mass is 35.5. The van der Waals surface area contributed by atoms with E-state index in [0.29, 0.717) is 33.0 Å². The Balaban J connectivity index is 2.66. The van der Waals surface area contributed by atoms with Crippen LogP contribution in [0.5, 0.6) is 0 Å². The van der Waals surface area contributed by atoms with Gasteiger partial charge in [0, 0.05) is 26.7 Å². The lowest BCUT2D eigenvalue weighted by atomic mass is 10.0. The first-order valence-electron chi connectivity index (χ1n) is 4.82. The first-order chi connectivity index (χ1) is 8.11. The number of aldehydes is 1. The largest absolute Gasteiger partial charge is 0.298 e. The van der Waals surface area contributed by atoms with Gasteiger partial charge in [-0.1, -0.05) is 29.3 Å². The lowest BCUT2D eigenvalue weighted by Crippen LogP contribution is -1.87. The summed E-state index contributed by atoms with van der Waals surface area (Å²) in [4.78, 5) is 10.7. The number of hydrogen-bond acceptors (Lipinski definition) is 1. The molecule has 0 heterocycles. The van der Waals surface area contributed by atoms with E-state index in [2.05, 4.69) is 0 Å². The summed E-state index contributed by atoms with van der Waals surface area (Å²) in [5, 5.41) is 0.805. The third-order valence-corrected chi connectivity index (χ3v) is 3.00. The van der Waals surface area contributed by atoms with Crippen molar-refractivity contribution >= 4 is 29.5 Å². The van der Waals surface area contributed by atoms with E-state index >= 15 is 0 Å². The van der Waals surface area contributed by atoms with E-state index < -0.39 is 5.82 Å². The highest BCUT2D eigenvalue weighted by molar-refractivity contribution is 6.36. The minimum atomic E-state index is -0.406. The van der Waals surface area contributed by atoms with Crippen molar-refractivity contribution in [3.05, 3.63) is 57.8 Å². The molecule has 0 amide bonds. The van der Waals surface area contributed by atoms with Crippen LogP contribution in [0.1, 0.15) is 10.4 Å². The molecule has 2 rings (SSSR count). The number of benzene rings is 2. The van der Waals surface area contributed by atoms with Crippen molar-refractivity contribution in [3.63, 3.8) is 0 Å². The zero-order chi connectivity index (χ0) is 12.4. The molecule has 0 unspecified atom stereocenters. The average molecular weight is 269 g/mol. The molecule has 1 nitrogen and oxygen atoms in total. The maximum absolute atomic E-state index is 13.2. The van der Waals surface area contributed by atoms with Crippen molar-refractivity contribution in [2.24, 2.45) is 0 Å². The van der Waals surface area contributed by atoms with Crippen LogP contribution in [0, 0.1) is 5.82 Å². The van der Waals surface area contributed by atoms with Gasteiger partial charge in [-0.2, -0.15) is 0 Å². The average Bonchev–Trinajstić information content (AvgIpc) is 2.33. The van der Waals surface area contributed by atoms with E-state index in [9.17, 15) is 9.18 Å². The number of halogens is 3. The summed E-state index contributed by atoms with van der Waals surface area (Å²) < 4.78 is 13.2. The summed E-state index contributed by atoms with van der Waals surface area (Å²) in [6, 6.07) is 8.77. The van der Waals surface area contributed by atoms with Crippen LogP contribution < -0.4 is 0 Å². The zero-order valence-corrected chi connectivity index (χ0v) is 10.1. The van der Waals surface area contributed by atoms with E-state index in [1.807, 2.05) is 0 Å². The van der Waals surface area contributed by atoms with Crippen molar-refractivity contribution in [2.45, 2.75) is 0 Å². The van der Waals surface area contributed by atoms with Crippen LogP contribution in [-0.2, 0) is 0 Å². The normalized spacial score (nSPS) is 10.3. The van der Waals surface area contributed by atoms with Crippen LogP contribution in [0.15, 0.2) is 36.4 Å². The molecule has 0 aliphatic rings. The Bertz CT molecular complexity index is 582. The van der Waals surface area contributed by atoms with Crippen molar-refractivity contribution in [1.29, 1.82) is 0 Å². The summed E-state index contributed by atoms with van der Waals surface area (Å²) in [5.41, 5.74) is 1.48. The van der Waals surface area contributed by atoms with Gasteiger partial charge in [0.1, 0.15) is 12.1 Å². The molecule has 0 radical (unpaired) electrons. The SMILES string of the molecule is O=Cc1ccc(Cl)c(-c2cc(F)ccc2Cl)c1. The molecule has 86 valence electrons. The predicted octanol–water partition coefficient (Wildman–Crippen LogP) is 4.61. The molecule has 4 heteroatoms. The molecule has 0 saturated carbocycles. The quantitative estimate of drug-likeness (QED) is 0.727. The molecule has 2 aromatic rings. The number of rotatable bonds is 2. The van der Waals surface area contributed by atoms with Gasteiger partial charge in [-0.15, -0.1) is 0 Å². The molecule has 0 N–H and O–H groups in total. The minimum absolute atomic E-state index is 0.386. The van der Waals surface area contributed by atoms with Gasteiger partial charge in [0.15, 0.2) is 0 Å². The maximum atomic E-state index is 13.2. The highest BCUT2D eigenvalue weighted by Gasteiger charge is 2.09. The Kier molecular flexibility index (Phi) is 3.46. The molecular formula is C13H7Cl2FO. The summed E-state index contributed by atoms with van der Waals surface area (Å²) in [5.74, 6) is -0.406. The lowest BCUT2D eigenvalue weighted by Gasteiger charge is -2.07. The van der Waals surface area contributed by atoms with Crippen LogP contribution in [0.2, 0.25) is 10.0 Å². The number of carbonyl (C=O) groups is 1. The first-order valence-corrected chi connectivity index (χ1v) is 5.57. The molecular weight excluding hydrogens is 262 g/mol. The molecule has 2 aromatic carbocycles. The third kappa shape index (κ3) is 2.48. The Morgan fingerprint density at radius 3 is 2.18 bits per heavy atom. The fourth-order valence-corrected chi connectivity index (χ4v) is 1.97. The second kappa shape index (κ2) is 4.86. The number of carbonyl (C=O) groups excluding carboxylic acids is 1. The molecule has 0 bridgehead atoms. The van der Waals surface area contributed by atoms with Crippen LogP contribution in [0.3, 0.4) is 0 Å². The molecule has 0 fully saturated rings. The number of hydrogen-bond donors (Lipinski definition) is 0. The van der Waals surface area contributed by atoms with Gasteiger partial charge in [0.2, 0.25) is 0 Å². The first kappa shape index (κ1) is 12.1. The molecule has 0 aliphatic heterocycles. The molecule has 0 atom stereocenters. The molecule has 17 heavy (non-hydrogen) atoms. The Hall–Kier alpha value is -1.38. The Labute approximate surface area is 108 Å². The van der Waals surface area contributed by atoms with Gasteiger partial charge < -0.3 is 0 Å². The van der Waals surface area contributed by atoms with Gasteiger partial charge >= 0.3 is 0 Å². The smallest absolute Gasteiger partial charge is 0.150 e. The molecule has 0 spiro atoms. The third-order valence-electron chi connectivity index (χ3n) is 2.35. The van der Waals surface area contributed by atoms with Gasteiger partial charge in [-0.3, -0.25) is 4.79 Å². The molecule has 0 saturated heterocycles. The second-order valence-corrected chi connectivity index (χ2v) is 4.30. The zero-order valence-electron chi connectivity index (χ0n) is 8.58. The van der Waals surface area contributed by atoms with E-state index in [1.165, 1.54) is 18.2 Å². The fourth-order valence-electron chi connectivity index (χ4n) is 1.53. The Morgan fingerprint density at radius 1 is 0.941 bits per heavy atom. The predicted molar refractivity (Wildman–Crippen MR) is 67.2 cm³/mol. The lowest BCUT2D eigenvalue weighted by molar-refractivity contribution is 0.112. The van der Waals surface area contributed by atoms with Gasteiger partial charge in [0.25, 0.3) is 0 Å². The standard InChI is InChI=1S/C13H7Cl2FO/c14-12-3-1-8(7-17)5-10(12)11-6-9(16)2-4-13(11)15/h1-7H. The van der Waals surface area contributed by atoms with Crippen LogP contribution in [-0.4, -0.2) is 6.29 Å². The fraction of sp³-hybridized carbons (Fsp3) is 0. The minimum Gasteiger partial charge on any atom is -0.298 e. The van der Waals surface area contributed by atoms with Gasteiger partial charge in [-0.25, -0.2) is 4.39 Å². The molecule has 0 aliphatic carbocycles. The van der Waals surface area contributed by atoms with E-state index in [4.69, 9.17) is 23.2 Å². The van der Waals surface area contributed by atoms with Crippen LogP contribution in [0.25, 0.3) is 11.1 Å². The topological polar surface area (TPSA) is 17.1 Å². The van der Waals surface area contributed by atoms with E-state index in [1.54, 1.807) is 18.2 Å². The van der Waals surface area contributed by atoms with E-state index in [-0.39, 0.29) is 0 Å². The van der Waals surface area contributed by atoms with Gasteiger partial charge in [0.05, 0.1) is 0 Å². The molecule has 0 aromatic heterocycles. The Morgan fingerprint density at radius 2 is 1.53 bits per heavy atom.